The third-order valence-electron chi connectivity index (χ3n) is 3.62. The van der Waals surface area contributed by atoms with Crippen LogP contribution in [0.5, 0.6) is 0 Å². The van der Waals surface area contributed by atoms with Crippen molar-refractivity contribution in [2.75, 3.05) is 20.2 Å². The molecule has 1 aliphatic heterocycles. The number of carbonyl (C=O) groups is 1. The minimum Gasteiger partial charge on any atom is -0.455 e. The molecule has 3 heterocycles. The number of H-pyrrole nitrogens is 1. The topological polar surface area (TPSA) is 84.2 Å². The zero-order valence-electron chi connectivity index (χ0n) is 12.3. The fourth-order valence-corrected chi connectivity index (χ4v) is 3.12. The number of nitrogens with one attached hydrogen (secondary N) is 1. The van der Waals surface area contributed by atoms with E-state index in [1.807, 2.05) is 6.07 Å². The fraction of sp³-hybridized carbons (Fsp3) is 0.500. The first-order valence-corrected chi connectivity index (χ1v) is 8.14. The second-order valence-electron chi connectivity index (χ2n) is 5.10. The van der Waals surface area contributed by atoms with E-state index in [4.69, 9.17) is 9.15 Å². The summed E-state index contributed by atoms with van der Waals surface area (Å²) in [5.41, 5.74) is 0. The summed E-state index contributed by atoms with van der Waals surface area (Å²) in [4.78, 5) is 18.3. The van der Waals surface area contributed by atoms with Gasteiger partial charge in [-0.3, -0.25) is 9.89 Å². The molecule has 1 fully saturated rings. The van der Waals surface area contributed by atoms with Gasteiger partial charge in [0.05, 0.1) is 11.9 Å². The second-order valence-corrected chi connectivity index (χ2v) is 6.06. The van der Waals surface area contributed by atoms with Crippen LogP contribution in [0.2, 0.25) is 0 Å². The lowest BCUT2D eigenvalue weighted by Crippen LogP contribution is -2.42. The molecule has 2 aromatic heterocycles. The molecule has 118 valence electrons. The monoisotopic (exact) mass is 322 g/mol. The second kappa shape index (κ2) is 6.97. The molecule has 22 heavy (non-hydrogen) atoms. The van der Waals surface area contributed by atoms with Crippen molar-refractivity contribution in [1.82, 2.24) is 20.1 Å². The number of hydrogen-bond donors (Lipinski definition) is 1. The highest BCUT2D eigenvalue weighted by Crippen LogP contribution is 2.22. The lowest BCUT2D eigenvalue weighted by Gasteiger charge is -2.31. The molecule has 1 saturated heterocycles. The third-order valence-corrected chi connectivity index (χ3v) is 4.51. The van der Waals surface area contributed by atoms with Crippen LogP contribution in [-0.4, -0.2) is 52.3 Å². The van der Waals surface area contributed by atoms with Crippen LogP contribution in [-0.2, 0) is 10.5 Å². The highest BCUT2D eigenvalue weighted by molar-refractivity contribution is 7.98. The SMILES string of the molecule is CO[C@@H]1CCCN(C(=O)c2ccc(CSc3ncn[nH]3)o2)C1. The van der Waals surface area contributed by atoms with Crippen LogP contribution in [0.4, 0.5) is 0 Å². The molecule has 1 aliphatic rings. The Morgan fingerprint density at radius 2 is 2.50 bits per heavy atom. The van der Waals surface area contributed by atoms with Gasteiger partial charge in [-0.2, -0.15) is 5.10 Å². The van der Waals surface area contributed by atoms with E-state index in [2.05, 4.69) is 15.2 Å². The zero-order chi connectivity index (χ0) is 15.4. The molecule has 7 nitrogen and oxygen atoms in total. The van der Waals surface area contributed by atoms with E-state index in [9.17, 15) is 4.79 Å². The molecule has 0 aliphatic carbocycles. The van der Waals surface area contributed by atoms with Gasteiger partial charge in [0.2, 0.25) is 0 Å². The number of furan rings is 1. The summed E-state index contributed by atoms with van der Waals surface area (Å²) in [6.45, 7) is 1.37. The minimum absolute atomic E-state index is 0.0716. The summed E-state index contributed by atoms with van der Waals surface area (Å²) < 4.78 is 11.0. The summed E-state index contributed by atoms with van der Waals surface area (Å²) in [5, 5.41) is 7.28. The van der Waals surface area contributed by atoms with Gasteiger partial charge in [0.25, 0.3) is 5.91 Å². The number of hydrogen-bond acceptors (Lipinski definition) is 6. The number of likely N-dealkylation sites (tertiary alicyclic amines) is 1. The minimum atomic E-state index is -0.0716. The van der Waals surface area contributed by atoms with Crippen molar-refractivity contribution >= 4 is 17.7 Å². The third kappa shape index (κ3) is 3.50. The van der Waals surface area contributed by atoms with E-state index >= 15 is 0 Å². The number of aromatic amines is 1. The number of carbonyl (C=O) groups excluding carboxylic acids is 1. The molecule has 8 heteroatoms. The first-order chi connectivity index (χ1) is 10.8. The van der Waals surface area contributed by atoms with Gasteiger partial charge in [-0.25, -0.2) is 4.98 Å². The molecule has 0 aromatic carbocycles. The molecule has 0 saturated carbocycles. The number of nitrogens with zero attached hydrogens (tertiary/aromatic N) is 3. The average Bonchev–Trinajstić information content (AvgIpc) is 3.23. The highest BCUT2D eigenvalue weighted by atomic mass is 32.2. The van der Waals surface area contributed by atoms with Crippen LogP contribution in [0, 0.1) is 0 Å². The Hall–Kier alpha value is -1.80. The van der Waals surface area contributed by atoms with Gasteiger partial charge in [0.15, 0.2) is 10.9 Å². The van der Waals surface area contributed by atoms with E-state index in [0.717, 1.165) is 30.3 Å². The maximum atomic E-state index is 12.4. The van der Waals surface area contributed by atoms with Gasteiger partial charge in [0.1, 0.15) is 12.1 Å². The van der Waals surface area contributed by atoms with E-state index in [-0.39, 0.29) is 12.0 Å². The van der Waals surface area contributed by atoms with Gasteiger partial charge in [-0.1, -0.05) is 11.8 Å². The molecular formula is C14H18N4O3S. The lowest BCUT2D eigenvalue weighted by molar-refractivity contribution is 0.0252. The maximum Gasteiger partial charge on any atom is 0.289 e. The molecule has 1 atom stereocenters. The van der Waals surface area contributed by atoms with Crippen LogP contribution in [0.1, 0.15) is 29.2 Å². The van der Waals surface area contributed by atoms with E-state index in [1.165, 1.54) is 18.1 Å². The first kappa shape index (κ1) is 15.1. The van der Waals surface area contributed by atoms with Crippen LogP contribution >= 0.6 is 11.8 Å². The Morgan fingerprint density at radius 3 is 3.27 bits per heavy atom. The van der Waals surface area contributed by atoms with Crippen molar-refractivity contribution in [3.05, 3.63) is 30.0 Å². The number of rotatable bonds is 5. The number of aromatic nitrogens is 3. The normalized spacial score (nSPS) is 18.6. The molecule has 0 unspecified atom stereocenters. The van der Waals surface area contributed by atoms with Gasteiger partial charge in [-0.05, 0) is 25.0 Å². The van der Waals surface area contributed by atoms with Crippen molar-refractivity contribution < 1.29 is 13.9 Å². The number of ether oxygens (including phenoxy) is 1. The summed E-state index contributed by atoms with van der Waals surface area (Å²) >= 11 is 1.48. The van der Waals surface area contributed by atoms with Crippen LogP contribution < -0.4 is 0 Å². The lowest BCUT2D eigenvalue weighted by atomic mass is 10.1. The van der Waals surface area contributed by atoms with E-state index in [1.54, 1.807) is 18.1 Å². The Kier molecular flexibility index (Phi) is 4.79. The van der Waals surface area contributed by atoms with Gasteiger partial charge >= 0.3 is 0 Å². The standard InChI is InChI=1S/C14H18N4O3S/c1-20-10-3-2-6-18(7-10)13(19)12-5-4-11(21-12)8-22-14-15-9-16-17-14/h4-5,9-10H,2-3,6-8H2,1H3,(H,15,16,17)/t10-/m1/s1. The summed E-state index contributed by atoms with van der Waals surface area (Å²) in [6, 6.07) is 3.56. The van der Waals surface area contributed by atoms with Crippen molar-refractivity contribution in [3.63, 3.8) is 0 Å². The molecule has 1 amide bonds. The van der Waals surface area contributed by atoms with Crippen molar-refractivity contribution in [2.24, 2.45) is 0 Å². The summed E-state index contributed by atoms with van der Waals surface area (Å²) in [5.74, 6) is 1.65. The molecular weight excluding hydrogens is 304 g/mol. The number of methoxy groups -OCH3 is 1. The number of thioether (sulfide) groups is 1. The Morgan fingerprint density at radius 1 is 1.59 bits per heavy atom. The van der Waals surface area contributed by atoms with Crippen LogP contribution in [0.3, 0.4) is 0 Å². The Balaban J connectivity index is 1.59. The van der Waals surface area contributed by atoms with Gasteiger partial charge in [-0.15, -0.1) is 0 Å². The first-order valence-electron chi connectivity index (χ1n) is 7.15. The zero-order valence-corrected chi connectivity index (χ0v) is 13.1. The van der Waals surface area contributed by atoms with Crippen molar-refractivity contribution in [2.45, 2.75) is 29.9 Å². The summed E-state index contributed by atoms with van der Waals surface area (Å²) in [7, 11) is 1.68. The molecule has 3 rings (SSSR count). The quantitative estimate of drug-likeness (QED) is 0.847. The number of amides is 1. The molecule has 2 aromatic rings. The highest BCUT2D eigenvalue weighted by Gasteiger charge is 2.26. The van der Waals surface area contributed by atoms with E-state index < -0.39 is 0 Å². The largest absolute Gasteiger partial charge is 0.455 e. The summed E-state index contributed by atoms with van der Waals surface area (Å²) in [6.07, 6.45) is 3.53. The van der Waals surface area contributed by atoms with Gasteiger partial charge in [0, 0.05) is 20.2 Å². The fourth-order valence-electron chi connectivity index (χ4n) is 2.44. The Labute approximate surface area is 132 Å². The molecule has 0 bridgehead atoms. The molecule has 0 spiro atoms. The maximum absolute atomic E-state index is 12.4. The average molecular weight is 322 g/mol. The van der Waals surface area contributed by atoms with Crippen molar-refractivity contribution in [3.8, 4) is 0 Å². The van der Waals surface area contributed by atoms with Crippen LogP contribution in [0.25, 0.3) is 0 Å². The van der Waals surface area contributed by atoms with Gasteiger partial charge < -0.3 is 14.1 Å². The molecule has 0 radical (unpaired) electrons. The van der Waals surface area contributed by atoms with Crippen molar-refractivity contribution in [1.29, 1.82) is 0 Å². The molecule has 1 N–H and O–H groups in total. The predicted octanol–water partition coefficient (Wildman–Crippen LogP) is 1.94. The number of piperidine rings is 1. The predicted molar refractivity (Wildman–Crippen MR) is 80.6 cm³/mol. The van der Waals surface area contributed by atoms with Crippen LogP contribution in [0.15, 0.2) is 28.0 Å². The Bertz CT molecular complexity index is 613. The smallest absolute Gasteiger partial charge is 0.289 e. The van der Waals surface area contributed by atoms with E-state index in [0.29, 0.717) is 18.1 Å².